The Kier molecular flexibility index (Phi) is 9.49. The lowest BCUT2D eigenvalue weighted by molar-refractivity contribution is 1.08. The van der Waals surface area contributed by atoms with Crippen molar-refractivity contribution < 1.29 is 0 Å². The van der Waals surface area contributed by atoms with Gasteiger partial charge in [-0.15, -0.1) is 13.2 Å². The molecule has 0 saturated heterocycles. The molecule has 0 amide bonds. The minimum Gasteiger partial charge on any atom is -0.367 e. The van der Waals surface area contributed by atoms with Gasteiger partial charge in [-0.3, -0.25) is 0 Å². The van der Waals surface area contributed by atoms with Gasteiger partial charge in [0.25, 0.3) is 0 Å². The topological polar surface area (TPSA) is 24.1 Å². The first-order valence-electron chi connectivity index (χ1n) is 3.82. The van der Waals surface area contributed by atoms with Crippen molar-refractivity contribution in [1.82, 2.24) is 10.6 Å². The van der Waals surface area contributed by atoms with Crippen molar-refractivity contribution in [3.8, 4) is 0 Å². The standard InChI is InChI=1S/C8H12N2S4/c1-3-5-9-7(11)13-14-8(12)10-6-4-2/h3-4H,1-2,5-6H2,(H,9,11)(H,10,12). The summed E-state index contributed by atoms with van der Waals surface area (Å²) in [7, 11) is 2.85. The number of rotatable bonds is 4. The van der Waals surface area contributed by atoms with Crippen LogP contribution in [0.5, 0.6) is 0 Å². The Morgan fingerprint density at radius 1 is 1.00 bits per heavy atom. The molecule has 0 radical (unpaired) electrons. The Labute approximate surface area is 103 Å². The molecule has 0 unspecified atom stereocenters. The highest BCUT2D eigenvalue weighted by Crippen LogP contribution is 2.22. The van der Waals surface area contributed by atoms with Gasteiger partial charge in [0.1, 0.15) is 8.64 Å². The highest BCUT2D eigenvalue weighted by atomic mass is 33.1. The summed E-state index contributed by atoms with van der Waals surface area (Å²) in [5.41, 5.74) is 0. The molecule has 0 rings (SSSR count). The molecule has 0 bridgehead atoms. The second-order valence-electron chi connectivity index (χ2n) is 2.08. The SMILES string of the molecule is C=CCNC(=S)SSC(=S)NCC=C. The summed E-state index contributed by atoms with van der Waals surface area (Å²) >= 11 is 10.1. The molecular weight excluding hydrogens is 252 g/mol. The Morgan fingerprint density at radius 3 is 1.64 bits per heavy atom. The van der Waals surface area contributed by atoms with E-state index in [0.29, 0.717) is 21.7 Å². The Hall–Kier alpha value is -0.0400. The third kappa shape index (κ3) is 8.55. The van der Waals surface area contributed by atoms with Crippen molar-refractivity contribution >= 4 is 54.7 Å². The van der Waals surface area contributed by atoms with E-state index in [0.717, 1.165) is 0 Å². The first-order valence-corrected chi connectivity index (χ1v) is 6.79. The fraction of sp³-hybridized carbons (Fsp3) is 0.250. The molecule has 0 aliphatic rings. The quantitative estimate of drug-likeness (QED) is 0.460. The van der Waals surface area contributed by atoms with E-state index in [2.05, 4.69) is 23.8 Å². The predicted molar refractivity (Wildman–Crippen MR) is 76.8 cm³/mol. The van der Waals surface area contributed by atoms with Gasteiger partial charge in [-0.1, -0.05) is 36.6 Å². The monoisotopic (exact) mass is 264 g/mol. The molecule has 6 heteroatoms. The average molecular weight is 264 g/mol. The van der Waals surface area contributed by atoms with Crippen molar-refractivity contribution in [3.05, 3.63) is 25.3 Å². The minimum absolute atomic E-state index is 0.680. The van der Waals surface area contributed by atoms with Gasteiger partial charge in [-0.25, -0.2) is 0 Å². The molecule has 2 N–H and O–H groups in total. The Morgan fingerprint density at radius 2 is 1.36 bits per heavy atom. The smallest absolute Gasteiger partial charge is 0.145 e. The predicted octanol–water partition coefficient (Wildman–Crippen LogP) is 2.49. The normalized spacial score (nSPS) is 8.86. The molecule has 0 saturated carbocycles. The van der Waals surface area contributed by atoms with Crippen LogP contribution in [0.3, 0.4) is 0 Å². The van der Waals surface area contributed by atoms with Crippen LogP contribution >= 0.6 is 46.0 Å². The second-order valence-corrected chi connectivity index (χ2v) is 5.56. The van der Waals surface area contributed by atoms with E-state index in [9.17, 15) is 0 Å². The van der Waals surface area contributed by atoms with Gasteiger partial charge < -0.3 is 10.6 Å². The highest BCUT2D eigenvalue weighted by molar-refractivity contribution is 8.89. The highest BCUT2D eigenvalue weighted by Gasteiger charge is 2.00. The molecule has 0 spiro atoms. The third-order valence-electron chi connectivity index (χ3n) is 0.975. The molecule has 78 valence electrons. The second kappa shape index (κ2) is 9.51. The van der Waals surface area contributed by atoms with Crippen LogP contribution in [0, 0.1) is 0 Å². The summed E-state index contributed by atoms with van der Waals surface area (Å²) in [6.45, 7) is 8.52. The van der Waals surface area contributed by atoms with Crippen LogP contribution < -0.4 is 10.6 Å². The van der Waals surface area contributed by atoms with Crippen LogP contribution in [-0.4, -0.2) is 21.7 Å². The molecule has 0 heterocycles. The van der Waals surface area contributed by atoms with E-state index in [1.807, 2.05) is 0 Å². The molecular formula is C8H12N2S4. The minimum atomic E-state index is 0.680. The summed E-state index contributed by atoms with van der Waals surface area (Å²) < 4.78 is 1.41. The van der Waals surface area contributed by atoms with Gasteiger partial charge in [0, 0.05) is 13.1 Å². The maximum absolute atomic E-state index is 5.03. The largest absolute Gasteiger partial charge is 0.367 e. The first kappa shape index (κ1) is 14.0. The van der Waals surface area contributed by atoms with E-state index in [-0.39, 0.29) is 0 Å². The summed E-state index contributed by atoms with van der Waals surface area (Å²) in [5.74, 6) is 0. The van der Waals surface area contributed by atoms with Crippen LogP contribution in [0.25, 0.3) is 0 Å². The van der Waals surface area contributed by atoms with Gasteiger partial charge in [0.15, 0.2) is 0 Å². The van der Waals surface area contributed by atoms with Crippen molar-refractivity contribution in [2.75, 3.05) is 13.1 Å². The molecule has 0 atom stereocenters. The molecule has 14 heavy (non-hydrogen) atoms. The maximum atomic E-state index is 5.03. The van der Waals surface area contributed by atoms with Gasteiger partial charge in [0.2, 0.25) is 0 Å². The molecule has 0 aromatic carbocycles. The molecule has 2 nitrogen and oxygen atoms in total. The summed E-state index contributed by atoms with van der Waals surface area (Å²) in [6, 6.07) is 0. The van der Waals surface area contributed by atoms with E-state index in [1.54, 1.807) is 12.2 Å². The average Bonchev–Trinajstić information content (AvgIpc) is 2.20. The van der Waals surface area contributed by atoms with Gasteiger partial charge in [0.05, 0.1) is 0 Å². The summed E-state index contributed by atoms with van der Waals surface area (Å²) in [6.07, 6.45) is 3.51. The molecule has 0 aliphatic heterocycles. The van der Waals surface area contributed by atoms with E-state index in [1.165, 1.54) is 21.6 Å². The number of hydrogen-bond acceptors (Lipinski definition) is 4. The van der Waals surface area contributed by atoms with Crippen LogP contribution in [-0.2, 0) is 0 Å². The van der Waals surface area contributed by atoms with Crippen LogP contribution in [0.15, 0.2) is 25.3 Å². The third-order valence-corrected chi connectivity index (χ3v) is 4.32. The van der Waals surface area contributed by atoms with Gasteiger partial charge in [-0.05, 0) is 21.6 Å². The van der Waals surface area contributed by atoms with Gasteiger partial charge >= 0.3 is 0 Å². The zero-order valence-corrected chi connectivity index (χ0v) is 10.9. The van der Waals surface area contributed by atoms with Crippen molar-refractivity contribution in [2.45, 2.75) is 0 Å². The Balaban J connectivity index is 3.50. The fourth-order valence-corrected chi connectivity index (χ4v) is 2.47. The number of hydrogen-bond donors (Lipinski definition) is 2. The van der Waals surface area contributed by atoms with Crippen LogP contribution in [0.2, 0.25) is 0 Å². The lowest BCUT2D eigenvalue weighted by atomic mass is 10.6. The molecule has 0 aromatic heterocycles. The zero-order chi connectivity index (χ0) is 10.8. The first-order chi connectivity index (χ1) is 6.70. The van der Waals surface area contributed by atoms with E-state index >= 15 is 0 Å². The van der Waals surface area contributed by atoms with Crippen molar-refractivity contribution in [1.29, 1.82) is 0 Å². The molecule has 0 aliphatic carbocycles. The van der Waals surface area contributed by atoms with Crippen molar-refractivity contribution in [2.24, 2.45) is 0 Å². The fourth-order valence-electron chi connectivity index (χ4n) is 0.446. The van der Waals surface area contributed by atoms with Crippen LogP contribution in [0.4, 0.5) is 0 Å². The van der Waals surface area contributed by atoms with Gasteiger partial charge in [-0.2, -0.15) is 0 Å². The zero-order valence-electron chi connectivity index (χ0n) is 7.62. The van der Waals surface area contributed by atoms with Crippen LogP contribution in [0.1, 0.15) is 0 Å². The number of thiocarbonyl (C=S) groups is 2. The number of nitrogens with one attached hydrogen (secondary N) is 2. The maximum Gasteiger partial charge on any atom is 0.145 e. The van der Waals surface area contributed by atoms with Crippen molar-refractivity contribution in [3.63, 3.8) is 0 Å². The Bertz CT molecular complexity index is 203. The lowest BCUT2D eigenvalue weighted by Crippen LogP contribution is -2.20. The molecule has 0 fully saturated rings. The summed E-state index contributed by atoms with van der Waals surface area (Å²) in [5, 5.41) is 5.98. The van der Waals surface area contributed by atoms with E-state index < -0.39 is 0 Å². The summed E-state index contributed by atoms with van der Waals surface area (Å²) in [4.78, 5) is 0. The molecule has 0 aromatic rings. The van der Waals surface area contributed by atoms with E-state index in [4.69, 9.17) is 24.4 Å². The lowest BCUT2D eigenvalue weighted by Gasteiger charge is -2.05.